The van der Waals surface area contributed by atoms with E-state index in [1.54, 1.807) is 36.4 Å². The lowest BCUT2D eigenvalue weighted by Gasteiger charge is -2.11. The van der Waals surface area contributed by atoms with E-state index in [0.717, 1.165) is 15.6 Å². The predicted molar refractivity (Wildman–Crippen MR) is 129 cm³/mol. The normalized spacial score (nSPS) is 11.0. The van der Waals surface area contributed by atoms with Crippen LogP contribution in [0, 0.1) is 18.3 Å². The molecule has 0 saturated carbocycles. The molecule has 0 heterocycles. The third-order valence-electron chi connectivity index (χ3n) is 4.36. The number of halogens is 3. The Morgan fingerprint density at radius 1 is 1.13 bits per heavy atom. The Kier molecular flexibility index (Phi) is 7.75. The van der Waals surface area contributed by atoms with Crippen LogP contribution < -0.4 is 10.1 Å². The molecule has 0 aliphatic rings. The van der Waals surface area contributed by atoms with Gasteiger partial charge in [-0.05, 0) is 66.6 Å². The summed E-state index contributed by atoms with van der Waals surface area (Å²) in [5.74, 6) is 0.101. The van der Waals surface area contributed by atoms with Gasteiger partial charge in [-0.3, -0.25) is 4.79 Å². The van der Waals surface area contributed by atoms with Gasteiger partial charge in [0.15, 0.2) is 6.61 Å². The first-order chi connectivity index (χ1) is 14.9. The Bertz CT molecular complexity index is 1190. The van der Waals surface area contributed by atoms with Crippen molar-refractivity contribution in [3.63, 3.8) is 0 Å². The van der Waals surface area contributed by atoms with Crippen LogP contribution in [-0.4, -0.2) is 12.5 Å². The number of nitriles is 1. The molecule has 7 heteroatoms. The molecule has 1 N–H and O–H groups in total. The van der Waals surface area contributed by atoms with Gasteiger partial charge in [-0.1, -0.05) is 57.3 Å². The SMILES string of the molecule is Cc1ccc(NC(=O)COc2ccc(Cl)cc2/C=C(\C#N)c2ccc(Br)cc2)cc1Cl. The van der Waals surface area contributed by atoms with Crippen LogP contribution in [0.4, 0.5) is 5.69 Å². The number of rotatable bonds is 6. The second-order valence-electron chi connectivity index (χ2n) is 6.66. The molecule has 0 spiro atoms. The molecule has 3 rings (SSSR count). The first kappa shape index (κ1) is 22.9. The lowest BCUT2D eigenvalue weighted by Crippen LogP contribution is -2.20. The number of nitrogens with zero attached hydrogens (tertiary/aromatic N) is 1. The van der Waals surface area contributed by atoms with Gasteiger partial charge in [0, 0.05) is 25.8 Å². The second-order valence-corrected chi connectivity index (χ2v) is 8.42. The van der Waals surface area contributed by atoms with E-state index in [0.29, 0.717) is 32.6 Å². The third kappa shape index (κ3) is 6.35. The molecule has 0 aliphatic carbocycles. The van der Waals surface area contributed by atoms with Crippen molar-refractivity contribution in [2.75, 3.05) is 11.9 Å². The van der Waals surface area contributed by atoms with Gasteiger partial charge in [0.05, 0.1) is 11.6 Å². The average molecular weight is 516 g/mol. The first-order valence-corrected chi connectivity index (χ1v) is 10.8. The zero-order valence-corrected chi connectivity index (χ0v) is 19.6. The van der Waals surface area contributed by atoms with Crippen LogP contribution in [0.5, 0.6) is 5.75 Å². The topological polar surface area (TPSA) is 62.1 Å². The molecular formula is C24H17BrCl2N2O2. The van der Waals surface area contributed by atoms with Crippen molar-refractivity contribution in [1.82, 2.24) is 0 Å². The van der Waals surface area contributed by atoms with Gasteiger partial charge in [0.2, 0.25) is 0 Å². The van der Waals surface area contributed by atoms with Gasteiger partial charge in [0.1, 0.15) is 5.75 Å². The smallest absolute Gasteiger partial charge is 0.262 e. The van der Waals surface area contributed by atoms with Gasteiger partial charge in [-0.15, -0.1) is 0 Å². The summed E-state index contributed by atoms with van der Waals surface area (Å²) in [5, 5.41) is 13.4. The maximum atomic E-state index is 12.3. The van der Waals surface area contributed by atoms with Crippen LogP contribution in [0.2, 0.25) is 10.0 Å². The van der Waals surface area contributed by atoms with Crippen LogP contribution in [0.3, 0.4) is 0 Å². The van der Waals surface area contributed by atoms with Crippen molar-refractivity contribution >= 4 is 62.4 Å². The van der Waals surface area contributed by atoms with Gasteiger partial charge >= 0.3 is 0 Å². The highest BCUT2D eigenvalue weighted by Crippen LogP contribution is 2.28. The highest BCUT2D eigenvalue weighted by Gasteiger charge is 2.10. The van der Waals surface area contributed by atoms with Crippen molar-refractivity contribution in [3.05, 3.63) is 91.9 Å². The van der Waals surface area contributed by atoms with Gasteiger partial charge in [0.25, 0.3) is 5.91 Å². The number of allylic oxidation sites excluding steroid dienone is 1. The molecule has 0 saturated heterocycles. The van der Waals surface area contributed by atoms with Crippen LogP contribution in [0.1, 0.15) is 16.7 Å². The van der Waals surface area contributed by atoms with E-state index in [2.05, 4.69) is 27.3 Å². The number of carbonyl (C=O) groups is 1. The van der Waals surface area contributed by atoms with Gasteiger partial charge in [-0.25, -0.2) is 0 Å². The fourth-order valence-electron chi connectivity index (χ4n) is 2.74. The minimum absolute atomic E-state index is 0.214. The molecule has 4 nitrogen and oxygen atoms in total. The summed E-state index contributed by atoms with van der Waals surface area (Å²) in [6, 6.07) is 19.9. The van der Waals surface area contributed by atoms with Crippen LogP contribution in [0.15, 0.2) is 65.1 Å². The highest BCUT2D eigenvalue weighted by molar-refractivity contribution is 9.10. The zero-order valence-electron chi connectivity index (χ0n) is 16.5. The van der Waals surface area contributed by atoms with E-state index in [-0.39, 0.29) is 12.5 Å². The van der Waals surface area contributed by atoms with E-state index >= 15 is 0 Å². The maximum Gasteiger partial charge on any atom is 0.262 e. The average Bonchev–Trinajstić information content (AvgIpc) is 2.74. The zero-order chi connectivity index (χ0) is 22.4. The Morgan fingerprint density at radius 2 is 1.87 bits per heavy atom. The molecule has 156 valence electrons. The third-order valence-corrected chi connectivity index (χ3v) is 5.53. The Balaban J connectivity index is 1.78. The molecule has 0 atom stereocenters. The fraction of sp³-hybridized carbons (Fsp3) is 0.0833. The molecule has 1 amide bonds. The second kappa shape index (κ2) is 10.5. The number of hydrogen-bond acceptors (Lipinski definition) is 3. The van der Waals surface area contributed by atoms with E-state index in [1.807, 2.05) is 37.3 Å². The number of ether oxygens (including phenoxy) is 1. The molecular weight excluding hydrogens is 499 g/mol. The Labute approximate surface area is 199 Å². The Hall–Kier alpha value is -2.78. The molecule has 0 aromatic heterocycles. The lowest BCUT2D eigenvalue weighted by molar-refractivity contribution is -0.118. The summed E-state index contributed by atoms with van der Waals surface area (Å²) in [6.07, 6.45) is 1.68. The van der Waals surface area contributed by atoms with Crippen molar-refractivity contribution in [2.45, 2.75) is 6.92 Å². The van der Waals surface area contributed by atoms with Gasteiger partial charge in [-0.2, -0.15) is 5.26 Å². The number of benzene rings is 3. The van der Waals surface area contributed by atoms with Crippen LogP contribution in [0.25, 0.3) is 11.6 Å². The minimum atomic E-state index is -0.335. The summed E-state index contributed by atoms with van der Waals surface area (Å²) in [5.41, 5.74) is 3.30. The minimum Gasteiger partial charge on any atom is -0.483 e. The predicted octanol–water partition coefficient (Wildman–Crippen LogP) is 7.15. The number of anilines is 1. The highest BCUT2D eigenvalue weighted by atomic mass is 79.9. The van der Waals surface area contributed by atoms with Gasteiger partial charge < -0.3 is 10.1 Å². The van der Waals surface area contributed by atoms with Crippen molar-refractivity contribution in [1.29, 1.82) is 5.26 Å². The largest absolute Gasteiger partial charge is 0.483 e. The summed E-state index contributed by atoms with van der Waals surface area (Å²) in [4.78, 5) is 12.3. The number of carbonyl (C=O) groups excluding carboxylic acids is 1. The molecule has 0 radical (unpaired) electrons. The standard InChI is InChI=1S/C24H17BrCl2N2O2/c1-15-2-8-21(12-22(15)27)29-24(30)14-31-23-9-7-20(26)11-17(23)10-18(13-28)16-3-5-19(25)6-4-16/h2-12H,14H2,1H3,(H,29,30)/b18-10+. The Morgan fingerprint density at radius 3 is 2.55 bits per heavy atom. The molecule has 0 aliphatic heterocycles. The quantitative estimate of drug-likeness (QED) is 0.280. The van der Waals surface area contributed by atoms with E-state index in [9.17, 15) is 10.1 Å². The molecule has 3 aromatic carbocycles. The lowest BCUT2D eigenvalue weighted by atomic mass is 10.0. The molecule has 0 unspecified atom stereocenters. The monoisotopic (exact) mass is 514 g/mol. The molecule has 31 heavy (non-hydrogen) atoms. The van der Waals surface area contributed by atoms with Crippen molar-refractivity contribution in [3.8, 4) is 11.8 Å². The number of nitrogens with one attached hydrogen (secondary N) is 1. The summed E-state index contributed by atoms with van der Waals surface area (Å²) in [7, 11) is 0. The number of hydrogen-bond donors (Lipinski definition) is 1. The van der Waals surface area contributed by atoms with Crippen molar-refractivity contribution in [2.24, 2.45) is 0 Å². The first-order valence-electron chi connectivity index (χ1n) is 9.22. The van der Waals surface area contributed by atoms with Crippen molar-refractivity contribution < 1.29 is 9.53 Å². The van der Waals surface area contributed by atoms with Crippen LogP contribution >= 0.6 is 39.1 Å². The van der Waals surface area contributed by atoms with E-state index in [4.69, 9.17) is 27.9 Å². The molecule has 0 bridgehead atoms. The summed E-state index contributed by atoms with van der Waals surface area (Å²) in [6.45, 7) is 1.67. The number of amides is 1. The van der Waals surface area contributed by atoms with Crippen LogP contribution in [-0.2, 0) is 4.79 Å². The summed E-state index contributed by atoms with van der Waals surface area (Å²) < 4.78 is 6.63. The van der Waals surface area contributed by atoms with E-state index < -0.39 is 0 Å². The number of aryl methyl sites for hydroxylation is 1. The molecule has 3 aromatic rings. The summed E-state index contributed by atoms with van der Waals surface area (Å²) >= 11 is 15.6. The maximum absolute atomic E-state index is 12.3. The molecule has 0 fully saturated rings. The fourth-order valence-corrected chi connectivity index (χ4v) is 3.37. The van der Waals surface area contributed by atoms with E-state index in [1.165, 1.54) is 0 Å².